The number of nitrogens with zero attached hydrogens (tertiary/aromatic N) is 2. The first-order chi connectivity index (χ1) is 21.9. The van der Waals surface area contributed by atoms with Gasteiger partial charge in [0.2, 0.25) is 0 Å². The number of rotatable bonds is 9. The van der Waals surface area contributed by atoms with Crippen LogP contribution in [0.15, 0.2) is 81.7 Å². The average Bonchev–Trinajstić information content (AvgIpc) is 3.31. The van der Waals surface area contributed by atoms with Crippen molar-refractivity contribution in [2.24, 2.45) is 4.99 Å². The summed E-state index contributed by atoms with van der Waals surface area (Å²) < 4.78 is 61.9. The second-order valence-corrected chi connectivity index (χ2v) is 12.8. The molecule has 1 aliphatic rings. The summed E-state index contributed by atoms with van der Waals surface area (Å²) in [4.78, 5) is 30.5. The van der Waals surface area contributed by atoms with E-state index in [9.17, 15) is 22.8 Å². The van der Waals surface area contributed by atoms with Crippen LogP contribution >= 0.6 is 57.1 Å². The van der Waals surface area contributed by atoms with E-state index in [1.165, 1.54) is 37.3 Å². The summed E-state index contributed by atoms with van der Waals surface area (Å²) in [6, 6.07) is 15.1. The van der Waals surface area contributed by atoms with E-state index in [1.807, 2.05) is 19.1 Å². The first-order valence-electron chi connectivity index (χ1n) is 13.8. The van der Waals surface area contributed by atoms with Crippen molar-refractivity contribution in [2.45, 2.75) is 32.7 Å². The van der Waals surface area contributed by atoms with Crippen molar-refractivity contribution in [1.29, 1.82) is 0 Å². The molecule has 240 valence electrons. The number of hydrogen-bond acceptors (Lipinski definition) is 7. The Morgan fingerprint density at radius 1 is 1.02 bits per heavy atom. The van der Waals surface area contributed by atoms with E-state index < -0.39 is 35.0 Å². The first-order valence-corrected chi connectivity index (χ1v) is 16.5. The Labute approximate surface area is 288 Å². The van der Waals surface area contributed by atoms with Crippen LogP contribution in [0.4, 0.5) is 13.2 Å². The molecule has 0 bridgehead atoms. The molecular formula is C32H24Cl2F3IN2O5S. The molecule has 0 radical (unpaired) electrons. The molecule has 46 heavy (non-hydrogen) atoms. The van der Waals surface area contributed by atoms with Crippen LogP contribution in [0.1, 0.15) is 36.6 Å². The van der Waals surface area contributed by atoms with Gasteiger partial charge in [-0.05, 0) is 95.6 Å². The zero-order valence-electron chi connectivity index (χ0n) is 24.2. The molecule has 0 N–H and O–H groups in total. The summed E-state index contributed by atoms with van der Waals surface area (Å²) >= 11 is 14.9. The maximum Gasteiger partial charge on any atom is 0.434 e. The topological polar surface area (TPSA) is 79.1 Å². The molecule has 4 aromatic rings. The third-order valence-corrected chi connectivity index (χ3v) is 8.99. The number of alkyl halides is 3. The van der Waals surface area contributed by atoms with Gasteiger partial charge in [0.15, 0.2) is 22.0 Å². The number of carbonyl (C=O) groups excluding carboxylic acids is 1. The fourth-order valence-electron chi connectivity index (χ4n) is 4.76. The normalized spacial score (nSPS) is 15.0. The van der Waals surface area contributed by atoms with Crippen molar-refractivity contribution in [3.05, 3.63) is 122 Å². The smallest absolute Gasteiger partial charge is 0.434 e. The molecule has 0 amide bonds. The van der Waals surface area contributed by atoms with Crippen molar-refractivity contribution in [3.63, 3.8) is 0 Å². The fraction of sp³-hybridized carbons (Fsp3) is 0.219. The van der Waals surface area contributed by atoms with Gasteiger partial charge >= 0.3 is 12.1 Å². The van der Waals surface area contributed by atoms with Gasteiger partial charge in [-0.25, -0.2) is 9.79 Å². The van der Waals surface area contributed by atoms with E-state index >= 15 is 0 Å². The van der Waals surface area contributed by atoms with Gasteiger partial charge in [-0.3, -0.25) is 9.36 Å². The standard InChI is InChI=1S/C32H24Cl2F3IN2O5S/c1-3-43-23-14-18(13-22(38)27(23)45-16-17-5-9-20(33)10-6-17)15-24-29(41)40-26(19-7-11-21(34)12-8-19)25(30(42)44-4-2)28(32(35,36)37)39-31(40)46-24/h5-15,26H,3-4,16H2,1-2H3/b24-15-/t26-/m0/s1. The van der Waals surface area contributed by atoms with Gasteiger partial charge in [0.1, 0.15) is 6.61 Å². The second kappa shape index (κ2) is 14.2. The van der Waals surface area contributed by atoms with Crippen LogP contribution in [0.25, 0.3) is 6.08 Å². The number of thiazole rings is 1. The van der Waals surface area contributed by atoms with Crippen LogP contribution in [-0.2, 0) is 16.1 Å². The fourth-order valence-corrected chi connectivity index (χ4v) is 6.80. The zero-order valence-corrected chi connectivity index (χ0v) is 28.6. The lowest BCUT2D eigenvalue weighted by molar-refractivity contribution is -0.140. The number of benzene rings is 3. The van der Waals surface area contributed by atoms with Crippen molar-refractivity contribution in [1.82, 2.24) is 4.57 Å². The van der Waals surface area contributed by atoms with E-state index in [1.54, 1.807) is 24.3 Å². The third-order valence-electron chi connectivity index (χ3n) is 6.71. The van der Waals surface area contributed by atoms with Crippen LogP contribution in [0, 0.1) is 3.57 Å². The summed E-state index contributed by atoms with van der Waals surface area (Å²) in [6.07, 6.45) is -3.47. The molecule has 3 aromatic carbocycles. The van der Waals surface area contributed by atoms with Gasteiger partial charge < -0.3 is 14.2 Å². The highest BCUT2D eigenvalue weighted by Crippen LogP contribution is 2.39. The van der Waals surface area contributed by atoms with Crippen molar-refractivity contribution >= 4 is 69.2 Å². The molecule has 2 heterocycles. The molecule has 1 atom stereocenters. The predicted octanol–water partition coefficient (Wildman–Crippen LogP) is 7.23. The molecular weight excluding hydrogens is 779 g/mol. The molecule has 0 unspecified atom stereocenters. The van der Waals surface area contributed by atoms with E-state index in [4.69, 9.17) is 37.4 Å². The number of carbonyl (C=O) groups is 1. The molecule has 0 saturated carbocycles. The van der Waals surface area contributed by atoms with Gasteiger partial charge in [0, 0.05) is 10.0 Å². The lowest BCUT2D eigenvalue weighted by atomic mass is 9.95. The highest BCUT2D eigenvalue weighted by Gasteiger charge is 2.45. The molecule has 5 rings (SSSR count). The Hall–Kier alpha value is -3.33. The minimum atomic E-state index is -5.01. The van der Waals surface area contributed by atoms with E-state index in [0.717, 1.165) is 21.5 Å². The SMILES string of the molecule is CCOC(=O)C1=C(C(F)(F)F)N=c2s/c(=C\c3cc(I)c(OCc4ccc(Cl)cc4)c(OCC)c3)c(=O)n2[C@H]1c1ccc(Cl)cc1. The van der Waals surface area contributed by atoms with Gasteiger partial charge in [-0.1, -0.05) is 58.8 Å². The molecule has 7 nitrogen and oxygen atoms in total. The average molecular weight is 803 g/mol. The van der Waals surface area contributed by atoms with Gasteiger partial charge in [-0.15, -0.1) is 0 Å². The first kappa shape index (κ1) is 34.0. The summed E-state index contributed by atoms with van der Waals surface area (Å²) in [5, 5.41) is 0.934. The molecule has 1 aliphatic heterocycles. The number of fused-ring (bicyclic) bond motifs is 1. The summed E-state index contributed by atoms with van der Waals surface area (Å²) in [5.74, 6) is -0.309. The van der Waals surface area contributed by atoms with E-state index in [0.29, 0.717) is 37.3 Å². The lowest BCUT2D eigenvalue weighted by Gasteiger charge is -2.26. The van der Waals surface area contributed by atoms with Gasteiger partial charge in [0.05, 0.1) is 32.9 Å². The van der Waals surface area contributed by atoms with E-state index in [2.05, 4.69) is 27.6 Å². The van der Waals surface area contributed by atoms with Crippen molar-refractivity contribution < 1.29 is 32.2 Å². The van der Waals surface area contributed by atoms with Gasteiger partial charge in [-0.2, -0.15) is 13.2 Å². The number of halogens is 6. The number of esters is 1. The van der Waals surface area contributed by atoms with Crippen LogP contribution in [0.3, 0.4) is 0 Å². The number of allylic oxidation sites excluding steroid dienone is 1. The minimum absolute atomic E-state index is 0.0948. The number of ether oxygens (including phenoxy) is 3. The van der Waals surface area contributed by atoms with Crippen LogP contribution in [0.5, 0.6) is 11.5 Å². The van der Waals surface area contributed by atoms with E-state index in [-0.39, 0.29) is 28.1 Å². The Morgan fingerprint density at radius 2 is 1.67 bits per heavy atom. The third kappa shape index (κ3) is 7.29. The molecule has 0 aliphatic carbocycles. The second-order valence-electron chi connectivity index (χ2n) is 9.79. The Balaban J connectivity index is 1.64. The Kier molecular flexibility index (Phi) is 10.5. The predicted molar refractivity (Wildman–Crippen MR) is 178 cm³/mol. The maximum atomic E-state index is 14.4. The molecule has 1 aromatic heterocycles. The molecule has 0 spiro atoms. The summed E-state index contributed by atoms with van der Waals surface area (Å²) in [5.41, 5.74) is -1.18. The monoisotopic (exact) mass is 802 g/mol. The lowest BCUT2D eigenvalue weighted by Crippen LogP contribution is -2.41. The van der Waals surface area contributed by atoms with Crippen LogP contribution < -0.4 is 24.4 Å². The van der Waals surface area contributed by atoms with Crippen molar-refractivity contribution in [3.8, 4) is 11.5 Å². The summed E-state index contributed by atoms with van der Waals surface area (Å²) in [6.45, 7) is 3.70. The highest BCUT2D eigenvalue weighted by molar-refractivity contribution is 14.1. The van der Waals surface area contributed by atoms with Gasteiger partial charge in [0.25, 0.3) is 5.56 Å². The Bertz CT molecular complexity index is 1990. The number of hydrogen-bond donors (Lipinski definition) is 0. The molecule has 0 saturated heterocycles. The quantitative estimate of drug-likeness (QED) is 0.132. The van der Waals surface area contributed by atoms with Crippen molar-refractivity contribution in [2.75, 3.05) is 13.2 Å². The minimum Gasteiger partial charge on any atom is -0.490 e. The summed E-state index contributed by atoms with van der Waals surface area (Å²) in [7, 11) is 0. The highest BCUT2D eigenvalue weighted by atomic mass is 127. The molecule has 0 fully saturated rings. The largest absolute Gasteiger partial charge is 0.490 e. The maximum absolute atomic E-state index is 14.4. The number of aromatic nitrogens is 1. The Morgan fingerprint density at radius 3 is 2.28 bits per heavy atom. The van der Waals surface area contributed by atoms with Crippen LogP contribution in [-0.4, -0.2) is 29.9 Å². The van der Waals surface area contributed by atoms with Crippen LogP contribution in [0.2, 0.25) is 10.0 Å². The zero-order chi connectivity index (χ0) is 33.2. The molecule has 14 heteroatoms.